The largest absolute Gasteiger partial charge is 0.228 e. The predicted molar refractivity (Wildman–Crippen MR) is 48.0 cm³/mol. The van der Waals surface area contributed by atoms with Crippen LogP contribution in [-0.4, -0.2) is 25.2 Å². The van der Waals surface area contributed by atoms with Gasteiger partial charge in [-0.3, -0.25) is 0 Å². The van der Waals surface area contributed by atoms with E-state index in [1.54, 1.807) is 11.8 Å². The molecule has 0 bridgehead atoms. The molecular formula is C6H13NO2S2. The maximum Gasteiger partial charge on any atom is 0.212 e. The molecule has 0 aromatic rings. The fraction of sp³-hybridized carbons (Fsp3) is 1.00. The van der Waals surface area contributed by atoms with E-state index in [4.69, 9.17) is 5.14 Å². The van der Waals surface area contributed by atoms with E-state index >= 15 is 0 Å². The van der Waals surface area contributed by atoms with Crippen molar-refractivity contribution < 1.29 is 8.42 Å². The predicted octanol–water partition coefficient (Wildman–Crippen LogP) is 0.416. The SMILES string of the molecule is CC1CSCC(S(N)(=O)=O)C1. The molecule has 0 aromatic carbocycles. The van der Waals surface area contributed by atoms with Crippen LogP contribution in [0, 0.1) is 5.92 Å². The Bertz CT molecular complexity index is 225. The standard InChI is InChI=1S/C6H13NO2S2/c1-5-2-6(4-10-3-5)11(7,8)9/h5-6H,2-4H2,1H3,(H2,7,8,9). The number of sulfonamides is 1. The minimum atomic E-state index is -3.28. The Morgan fingerprint density at radius 2 is 2.09 bits per heavy atom. The molecule has 5 heteroatoms. The van der Waals surface area contributed by atoms with E-state index in [2.05, 4.69) is 6.92 Å². The van der Waals surface area contributed by atoms with Crippen molar-refractivity contribution in [3.8, 4) is 0 Å². The quantitative estimate of drug-likeness (QED) is 0.659. The van der Waals surface area contributed by atoms with Crippen molar-refractivity contribution in [2.75, 3.05) is 11.5 Å². The summed E-state index contributed by atoms with van der Waals surface area (Å²) < 4.78 is 21.8. The fourth-order valence-electron chi connectivity index (χ4n) is 1.21. The molecule has 0 radical (unpaired) electrons. The highest BCUT2D eigenvalue weighted by molar-refractivity contribution is 8.00. The van der Waals surface area contributed by atoms with Gasteiger partial charge in [0.15, 0.2) is 0 Å². The maximum absolute atomic E-state index is 10.9. The first-order valence-corrected chi connectivity index (χ1v) is 6.36. The molecule has 1 aliphatic heterocycles. The lowest BCUT2D eigenvalue weighted by Gasteiger charge is -2.24. The molecule has 0 spiro atoms. The van der Waals surface area contributed by atoms with Crippen molar-refractivity contribution in [2.45, 2.75) is 18.6 Å². The first-order valence-electron chi connectivity index (χ1n) is 3.59. The van der Waals surface area contributed by atoms with Crippen molar-refractivity contribution >= 4 is 21.8 Å². The van der Waals surface area contributed by atoms with Crippen LogP contribution in [-0.2, 0) is 10.0 Å². The van der Waals surface area contributed by atoms with Gasteiger partial charge in [0.25, 0.3) is 0 Å². The minimum Gasteiger partial charge on any atom is -0.228 e. The lowest BCUT2D eigenvalue weighted by Crippen LogP contribution is -2.35. The van der Waals surface area contributed by atoms with E-state index < -0.39 is 10.0 Å². The first-order chi connectivity index (χ1) is 5.00. The molecule has 11 heavy (non-hydrogen) atoms. The summed E-state index contributed by atoms with van der Waals surface area (Å²) in [4.78, 5) is 0. The molecule has 2 N–H and O–H groups in total. The molecule has 1 fully saturated rings. The molecule has 0 aliphatic carbocycles. The van der Waals surface area contributed by atoms with Crippen LogP contribution in [0.3, 0.4) is 0 Å². The zero-order valence-electron chi connectivity index (χ0n) is 6.49. The topological polar surface area (TPSA) is 60.2 Å². The zero-order chi connectivity index (χ0) is 8.48. The van der Waals surface area contributed by atoms with Crippen LogP contribution in [0.2, 0.25) is 0 Å². The van der Waals surface area contributed by atoms with E-state index in [9.17, 15) is 8.42 Å². The summed E-state index contributed by atoms with van der Waals surface area (Å²) in [6, 6.07) is 0. The van der Waals surface area contributed by atoms with Gasteiger partial charge in [0.2, 0.25) is 10.0 Å². The molecule has 2 atom stereocenters. The Hall–Kier alpha value is 0.260. The van der Waals surface area contributed by atoms with Crippen LogP contribution in [0.25, 0.3) is 0 Å². The lowest BCUT2D eigenvalue weighted by atomic mass is 10.1. The fourth-order valence-corrected chi connectivity index (χ4v) is 3.93. The summed E-state index contributed by atoms with van der Waals surface area (Å²) in [5, 5.41) is 4.72. The second kappa shape index (κ2) is 3.33. The number of rotatable bonds is 1. The Balaban J connectivity index is 2.60. The lowest BCUT2D eigenvalue weighted by molar-refractivity contribution is 0.536. The van der Waals surface area contributed by atoms with Crippen LogP contribution in [0.4, 0.5) is 0 Å². The highest BCUT2D eigenvalue weighted by Crippen LogP contribution is 2.25. The average molecular weight is 195 g/mol. The third-order valence-corrected chi connectivity index (χ3v) is 4.78. The van der Waals surface area contributed by atoms with Gasteiger partial charge in [-0.15, -0.1) is 0 Å². The zero-order valence-corrected chi connectivity index (χ0v) is 8.12. The van der Waals surface area contributed by atoms with E-state index in [-0.39, 0.29) is 5.25 Å². The van der Waals surface area contributed by atoms with E-state index in [1.165, 1.54) is 0 Å². The average Bonchev–Trinajstić information content (AvgIpc) is 1.86. The molecule has 0 aromatic heterocycles. The van der Waals surface area contributed by atoms with Crippen molar-refractivity contribution in [1.82, 2.24) is 0 Å². The monoisotopic (exact) mass is 195 g/mol. The smallest absolute Gasteiger partial charge is 0.212 e. The third-order valence-electron chi connectivity index (χ3n) is 1.84. The highest BCUT2D eigenvalue weighted by atomic mass is 32.2. The van der Waals surface area contributed by atoms with E-state index in [0.717, 1.165) is 12.2 Å². The van der Waals surface area contributed by atoms with Gasteiger partial charge in [0, 0.05) is 5.75 Å². The first kappa shape index (κ1) is 9.35. The van der Waals surface area contributed by atoms with Crippen molar-refractivity contribution in [3.05, 3.63) is 0 Å². The van der Waals surface area contributed by atoms with Crippen LogP contribution in [0.5, 0.6) is 0 Å². The summed E-state index contributed by atoms with van der Waals surface area (Å²) >= 11 is 1.68. The van der Waals surface area contributed by atoms with Crippen LogP contribution in [0.15, 0.2) is 0 Å². The van der Waals surface area contributed by atoms with E-state index in [0.29, 0.717) is 11.7 Å². The Morgan fingerprint density at radius 3 is 2.45 bits per heavy atom. The molecule has 2 unspecified atom stereocenters. The van der Waals surface area contributed by atoms with Gasteiger partial charge in [-0.2, -0.15) is 11.8 Å². The molecule has 0 amide bonds. The van der Waals surface area contributed by atoms with E-state index in [1.807, 2.05) is 0 Å². The molecule has 1 rings (SSSR count). The summed E-state index contributed by atoms with van der Waals surface area (Å²) in [5.41, 5.74) is 0. The summed E-state index contributed by atoms with van der Waals surface area (Å²) in [5.74, 6) is 2.21. The minimum absolute atomic E-state index is 0.309. The summed E-state index contributed by atoms with van der Waals surface area (Å²) in [6.07, 6.45) is 0.728. The number of hydrogen-bond donors (Lipinski definition) is 1. The van der Waals surface area contributed by atoms with Gasteiger partial charge in [0.1, 0.15) is 0 Å². The Kier molecular flexibility index (Phi) is 2.83. The van der Waals surface area contributed by atoms with Gasteiger partial charge in [-0.1, -0.05) is 6.92 Å². The summed E-state index contributed by atoms with van der Waals surface area (Å²) in [7, 11) is -3.28. The van der Waals surface area contributed by atoms with Crippen molar-refractivity contribution in [1.29, 1.82) is 0 Å². The van der Waals surface area contributed by atoms with Gasteiger partial charge < -0.3 is 0 Å². The Morgan fingerprint density at radius 1 is 1.45 bits per heavy atom. The highest BCUT2D eigenvalue weighted by Gasteiger charge is 2.27. The molecular weight excluding hydrogens is 182 g/mol. The number of thioether (sulfide) groups is 1. The van der Waals surface area contributed by atoms with Crippen LogP contribution >= 0.6 is 11.8 Å². The number of primary sulfonamides is 1. The second-order valence-corrected chi connectivity index (χ2v) is 6.01. The maximum atomic E-state index is 10.9. The van der Waals surface area contributed by atoms with Gasteiger partial charge in [0.05, 0.1) is 5.25 Å². The Labute approximate surface area is 71.8 Å². The molecule has 1 saturated heterocycles. The van der Waals surface area contributed by atoms with Crippen LogP contribution < -0.4 is 5.14 Å². The second-order valence-electron chi connectivity index (χ2n) is 3.09. The van der Waals surface area contributed by atoms with Gasteiger partial charge in [-0.25, -0.2) is 13.6 Å². The van der Waals surface area contributed by atoms with Gasteiger partial charge >= 0.3 is 0 Å². The molecule has 0 saturated carbocycles. The molecule has 1 heterocycles. The molecule has 66 valence electrons. The molecule has 1 aliphatic rings. The van der Waals surface area contributed by atoms with Gasteiger partial charge in [-0.05, 0) is 18.1 Å². The molecule has 3 nitrogen and oxygen atoms in total. The van der Waals surface area contributed by atoms with Crippen molar-refractivity contribution in [2.24, 2.45) is 11.1 Å². The third kappa shape index (κ3) is 2.65. The van der Waals surface area contributed by atoms with Crippen LogP contribution in [0.1, 0.15) is 13.3 Å². The van der Waals surface area contributed by atoms with Crippen molar-refractivity contribution in [3.63, 3.8) is 0 Å². The number of nitrogens with two attached hydrogens (primary N) is 1. The summed E-state index contributed by atoms with van der Waals surface area (Å²) in [6.45, 7) is 2.06. The normalized spacial score (nSPS) is 33.6. The number of hydrogen-bond acceptors (Lipinski definition) is 3.